The van der Waals surface area contributed by atoms with Crippen LogP contribution in [0.25, 0.3) is 0 Å². The Balaban J connectivity index is 1.94. The van der Waals surface area contributed by atoms with E-state index in [-0.39, 0.29) is 5.56 Å². The molecule has 0 bridgehead atoms. The highest BCUT2D eigenvalue weighted by Gasteiger charge is 2.30. The van der Waals surface area contributed by atoms with Gasteiger partial charge in [0.05, 0.1) is 11.5 Å². The SMILES string of the molecule is CCOc1ccc(O[C@@H](C)C(=O)NNC(=O)c2cccc(S(=O)(=O)NCC(F)(F)F)c2)cc1. The lowest BCUT2D eigenvalue weighted by Crippen LogP contribution is -2.47. The van der Waals surface area contributed by atoms with Crippen molar-refractivity contribution in [2.24, 2.45) is 0 Å². The van der Waals surface area contributed by atoms with E-state index in [1.54, 1.807) is 24.3 Å². The number of hydrazine groups is 1. The van der Waals surface area contributed by atoms with Gasteiger partial charge in [0.2, 0.25) is 10.0 Å². The predicted octanol–water partition coefficient (Wildman–Crippen LogP) is 2.15. The standard InChI is InChI=1S/C20H22F3N3O6S/c1-3-31-15-7-9-16(10-8-15)32-13(2)18(27)25-26-19(28)14-5-4-6-17(11-14)33(29,30)24-12-20(21,22)23/h4-11,13,24H,3,12H2,1-2H3,(H,25,27)(H,26,28)/t13-/m0/s1. The number of carbonyl (C=O) groups excluding carboxylic acids is 2. The van der Waals surface area contributed by atoms with E-state index >= 15 is 0 Å². The summed E-state index contributed by atoms with van der Waals surface area (Å²) in [6.45, 7) is 2.02. The molecule has 33 heavy (non-hydrogen) atoms. The number of hydrogen-bond acceptors (Lipinski definition) is 6. The molecule has 0 saturated heterocycles. The minimum absolute atomic E-state index is 0.203. The zero-order chi connectivity index (χ0) is 24.6. The third-order valence-electron chi connectivity index (χ3n) is 3.99. The summed E-state index contributed by atoms with van der Waals surface area (Å²) < 4.78 is 73.0. The second-order valence-electron chi connectivity index (χ2n) is 6.58. The topological polar surface area (TPSA) is 123 Å². The first kappa shape index (κ1) is 25.9. The van der Waals surface area contributed by atoms with Crippen LogP contribution >= 0.6 is 0 Å². The van der Waals surface area contributed by atoms with Crippen molar-refractivity contribution in [3.05, 3.63) is 54.1 Å². The molecule has 2 rings (SSSR count). The van der Waals surface area contributed by atoms with Crippen LogP contribution in [0.2, 0.25) is 0 Å². The van der Waals surface area contributed by atoms with E-state index in [0.717, 1.165) is 12.1 Å². The lowest BCUT2D eigenvalue weighted by molar-refractivity contribution is -0.128. The van der Waals surface area contributed by atoms with Gasteiger partial charge in [-0.3, -0.25) is 20.4 Å². The molecule has 2 aromatic rings. The number of carbonyl (C=O) groups is 2. The normalized spacial score (nSPS) is 12.5. The molecule has 0 fully saturated rings. The summed E-state index contributed by atoms with van der Waals surface area (Å²) in [5.41, 5.74) is 4.02. The molecule has 2 amide bonds. The monoisotopic (exact) mass is 489 g/mol. The van der Waals surface area contributed by atoms with Crippen molar-refractivity contribution in [3.63, 3.8) is 0 Å². The quantitative estimate of drug-likeness (QED) is 0.464. The van der Waals surface area contributed by atoms with Crippen LogP contribution in [0.1, 0.15) is 24.2 Å². The average Bonchev–Trinajstić information content (AvgIpc) is 2.77. The molecule has 0 aliphatic carbocycles. The van der Waals surface area contributed by atoms with Gasteiger partial charge in [-0.15, -0.1) is 0 Å². The number of ether oxygens (including phenoxy) is 2. The fourth-order valence-corrected chi connectivity index (χ4v) is 3.46. The summed E-state index contributed by atoms with van der Waals surface area (Å²) in [4.78, 5) is 23.9. The predicted molar refractivity (Wildman–Crippen MR) is 111 cm³/mol. The van der Waals surface area contributed by atoms with Gasteiger partial charge in [-0.25, -0.2) is 13.1 Å². The number of hydrogen-bond donors (Lipinski definition) is 3. The molecule has 3 N–H and O–H groups in total. The highest BCUT2D eigenvalue weighted by Crippen LogP contribution is 2.19. The van der Waals surface area contributed by atoms with E-state index in [9.17, 15) is 31.2 Å². The van der Waals surface area contributed by atoms with Crippen molar-refractivity contribution in [2.75, 3.05) is 13.2 Å². The van der Waals surface area contributed by atoms with Crippen molar-refractivity contribution in [1.82, 2.24) is 15.6 Å². The summed E-state index contributed by atoms with van der Waals surface area (Å²) in [5, 5.41) is 0. The molecule has 0 aliphatic heterocycles. The zero-order valence-electron chi connectivity index (χ0n) is 17.6. The highest BCUT2D eigenvalue weighted by atomic mass is 32.2. The Morgan fingerprint density at radius 1 is 1.03 bits per heavy atom. The second-order valence-corrected chi connectivity index (χ2v) is 8.34. The van der Waals surface area contributed by atoms with Crippen LogP contribution in [0.4, 0.5) is 13.2 Å². The molecule has 0 heterocycles. The van der Waals surface area contributed by atoms with Crippen molar-refractivity contribution in [3.8, 4) is 11.5 Å². The van der Waals surface area contributed by atoms with E-state index in [1.165, 1.54) is 23.8 Å². The minimum Gasteiger partial charge on any atom is -0.494 e. The molecule has 0 saturated carbocycles. The number of alkyl halides is 3. The van der Waals surface area contributed by atoms with Gasteiger partial charge in [0.15, 0.2) is 6.10 Å². The Kier molecular flexibility index (Phi) is 8.65. The average molecular weight is 489 g/mol. The Morgan fingerprint density at radius 3 is 2.27 bits per heavy atom. The van der Waals surface area contributed by atoms with Crippen LogP contribution in [0.3, 0.4) is 0 Å². The van der Waals surface area contributed by atoms with E-state index in [1.807, 2.05) is 6.92 Å². The summed E-state index contributed by atoms with van der Waals surface area (Å²) in [7, 11) is -4.50. The van der Waals surface area contributed by atoms with E-state index < -0.39 is 45.6 Å². The maximum absolute atomic E-state index is 12.3. The van der Waals surface area contributed by atoms with Gasteiger partial charge in [0, 0.05) is 5.56 Å². The number of benzene rings is 2. The third kappa shape index (κ3) is 8.27. The summed E-state index contributed by atoms with van der Waals surface area (Å²) in [5.74, 6) is -0.568. The maximum atomic E-state index is 12.3. The fourth-order valence-electron chi connectivity index (χ4n) is 2.40. The first-order valence-corrected chi connectivity index (χ1v) is 11.1. The first-order chi connectivity index (χ1) is 15.4. The van der Waals surface area contributed by atoms with Crippen LogP contribution in [-0.4, -0.2) is 45.7 Å². The molecular weight excluding hydrogens is 467 g/mol. The van der Waals surface area contributed by atoms with Crippen LogP contribution in [0.15, 0.2) is 53.4 Å². The van der Waals surface area contributed by atoms with Gasteiger partial charge in [0.1, 0.15) is 18.0 Å². The minimum atomic E-state index is -4.74. The van der Waals surface area contributed by atoms with Gasteiger partial charge in [0.25, 0.3) is 11.8 Å². The van der Waals surface area contributed by atoms with Crippen molar-refractivity contribution in [1.29, 1.82) is 0 Å². The van der Waals surface area contributed by atoms with Gasteiger partial charge in [-0.2, -0.15) is 13.2 Å². The van der Waals surface area contributed by atoms with Gasteiger partial charge >= 0.3 is 6.18 Å². The number of nitrogens with one attached hydrogen (secondary N) is 3. The van der Waals surface area contributed by atoms with Gasteiger partial charge in [-0.05, 0) is 56.3 Å². The molecule has 1 atom stereocenters. The van der Waals surface area contributed by atoms with Crippen LogP contribution in [-0.2, 0) is 14.8 Å². The number of amides is 2. The summed E-state index contributed by atoms with van der Waals surface area (Å²) in [6.07, 6.45) is -5.74. The maximum Gasteiger partial charge on any atom is 0.402 e. The molecule has 0 aliphatic rings. The zero-order valence-corrected chi connectivity index (χ0v) is 18.4. The lowest BCUT2D eigenvalue weighted by Gasteiger charge is -2.15. The summed E-state index contributed by atoms with van der Waals surface area (Å²) >= 11 is 0. The Hall–Kier alpha value is -3.32. The van der Waals surface area contributed by atoms with Gasteiger partial charge in [-0.1, -0.05) is 6.07 Å². The number of sulfonamides is 1. The van der Waals surface area contributed by atoms with Gasteiger partial charge < -0.3 is 9.47 Å². The molecule has 0 unspecified atom stereocenters. The first-order valence-electron chi connectivity index (χ1n) is 9.57. The molecule has 180 valence electrons. The fraction of sp³-hybridized carbons (Fsp3) is 0.300. The van der Waals surface area contributed by atoms with E-state index in [0.29, 0.717) is 18.1 Å². The molecule has 2 aromatic carbocycles. The molecule has 0 radical (unpaired) electrons. The number of rotatable bonds is 9. The van der Waals surface area contributed by atoms with Crippen molar-refractivity contribution in [2.45, 2.75) is 31.0 Å². The third-order valence-corrected chi connectivity index (χ3v) is 5.38. The molecular formula is C20H22F3N3O6S. The van der Waals surface area contributed by atoms with Crippen molar-refractivity contribution < 1.29 is 40.7 Å². The number of halogens is 3. The Labute approximate surface area is 188 Å². The Morgan fingerprint density at radius 2 is 1.67 bits per heavy atom. The van der Waals surface area contributed by atoms with E-state index in [2.05, 4.69) is 10.9 Å². The molecule has 9 nitrogen and oxygen atoms in total. The molecule has 13 heteroatoms. The Bertz CT molecular complexity index is 1080. The molecule has 0 spiro atoms. The smallest absolute Gasteiger partial charge is 0.402 e. The second kappa shape index (κ2) is 11.0. The largest absolute Gasteiger partial charge is 0.494 e. The van der Waals surface area contributed by atoms with Crippen molar-refractivity contribution >= 4 is 21.8 Å². The van der Waals surface area contributed by atoms with Crippen LogP contribution in [0, 0.1) is 0 Å². The van der Waals surface area contributed by atoms with E-state index in [4.69, 9.17) is 9.47 Å². The molecule has 0 aromatic heterocycles. The lowest BCUT2D eigenvalue weighted by atomic mass is 10.2. The van der Waals surface area contributed by atoms with Crippen LogP contribution < -0.4 is 25.0 Å². The summed E-state index contributed by atoms with van der Waals surface area (Å²) in [6, 6.07) is 10.8. The van der Waals surface area contributed by atoms with Crippen LogP contribution in [0.5, 0.6) is 11.5 Å². The highest BCUT2D eigenvalue weighted by molar-refractivity contribution is 7.89.